The molecule has 7 heteroatoms. The molecule has 0 aliphatic carbocycles. The molecule has 0 spiro atoms. The second-order valence-electron chi connectivity index (χ2n) is 8.13. The van der Waals surface area contributed by atoms with Crippen LogP contribution in [0.15, 0.2) is 4.99 Å². The van der Waals surface area contributed by atoms with Gasteiger partial charge in [0.05, 0.1) is 17.0 Å². The summed E-state index contributed by atoms with van der Waals surface area (Å²) < 4.78 is 23.8. The number of hydrogen-bond acceptors (Lipinski definition) is 4. The van der Waals surface area contributed by atoms with Crippen molar-refractivity contribution in [1.29, 1.82) is 0 Å². The summed E-state index contributed by atoms with van der Waals surface area (Å²) in [5.74, 6) is 1.05. The van der Waals surface area contributed by atoms with Crippen molar-refractivity contribution in [3.05, 3.63) is 0 Å². The van der Waals surface area contributed by atoms with E-state index in [1.54, 1.807) is 0 Å². The Bertz CT molecular complexity index is 574. The van der Waals surface area contributed by atoms with Crippen molar-refractivity contribution in [3.8, 4) is 0 Å². The number of nitrogens with zero attached hydrogens (tertiary/aromatic N) is 3. The minimum Gasteiger partial charge on any atom is -0.357 e. The molecule has 2 heterocycles. The standard InChI is InChI=1S/C18H36N4O2S/c1-6-19-17(21-11-12-25(23,24)18(4,5)14-21)20-13-16(3)22-10-8-7-9-15(22)2/h15-16H,6-14H2,1-5H3,(H,19,20). The summed E-state index contributed by atoms with van der Waals surface area (Å²) in [5, 5.41) is 3.35. The molecule has 0 bridgehead atoms. The van der Waals surface area contributed by atoms with Crippen molar-refractivity contribution in [2.45, 2.75) is 70.7 Å². The quantitative estimate of drug-likeness (QED) is 0.601. The number of sulfone groups is 1. The first-order chi connectivity index (χ1) is 11.7. The van der Waals surface area contributed by atoms with Crippen LogP contribution < -0.4 is 5.32 Å². The molecule has 2 fully saturated rings. The van der Waals surface area contributed by atoms with Crippen LogP contribution in [-0.4, -0.2) is 79.5 Å². The lowest BCUT2D eigenvalue weighted by atomic mass is 10.0. The highest BCUT2D eigenvalue weighted by Crippen LogP contribution is 2.24. The van der Waals surface area contributed by atoms with E-state index in [0.29, 0.717) is 25.2 Å². The highest BCUT2D eigenvalue weighted by molar-refractivity contribution is 7.92. The van der Waals surface area contributed by atoms with Gasteiger partial charge in [0.25, 0.3) is 0 Å². The van der Waals surface area contributed by atoms with Crippen molar-refractivity contribution < 1.29 is 8.42 Å². The van der Waals surface area contributed by atoms with Gasteiger partial charge in [0.15, 0.2) is 15.8 Å². The minimum atomic E-state index is -3.03. The van der Waals surface area contributed by atoms with E-state index in [9.17, 15) is 8.42 Å². The molecular formula is C18H36N4O2S. The molecule has 2 atom stereocenters. The molecule has 25 heavy (non-hydrogen) atoms. The fourth-order valence-electron chi connectivity index (χ4n) is 3.85. The van der Waals surface area contributed by atoms with Crippen LogP contribution in [-0.2, 0) is 9.84 Å². The number of piperidine rings is 1. The maximum atomic E-state index is 12.2. The van der Waals surface area contributed by atoms with E-state index in [4.69, 9.17) is 4.99 Å². The highest BCUT2D eigenvalue weighted by Gasteiger charge is 2.41. The first-order valence-electron chi connectivity index (χ1n) is 9.69. The number of rotatable bonds is 4. The van der Waals surface area contributed by atoms with Gasteiger partial charge >= 0.3 is 0 Å². The Morgan fingerprint density at radius 2 is 2.04 bits per heavy atom. The van der Waals surface area contributed by atoms with Gasteiger partial charge < -0.3 is 10.2 Å². The van der Waals surface area contributed by atoms with E-state index in [2.05, 4.69) is 35.9 Å². The average Bonchev–Trinajstić information content (AvgIpc) is 2.54. The molecule has 0 aromatic heterocycles. The summed E-state index contributed by atoms with van der Waals surface area (Å²) >= 11 is 0. The summed E-state index contributed by atoms with van der Waals surface area (Å²) in [6.45, 7) is 13.9. The van der Waals surface area contributed by atoms with Crippen LogP contribution in [0, 0.1) is 0 Å². The summed E-state index contributed by atoms with van der Waals surface area (Å²) in [4.78, 5) is 9.52. The third-order valence-electron chi connectivity index (χ3n) is 5.60. The van der Waals surface area contributed by atoms with Gasteiger partial charge in [-0.3, -0.25) is 9.89 Å². The SMILES string of the molecule is CCNC(=NCC(C)N1CCCCC1C)N1CCS(=O)(=O)C(C)(C)C1. The minimum absolute atomic E-state index is 0.198. The van der Waals surface area contributed by atoms with Crippen molar-refractivity contribution in [2.75, 3.05) is 38.5 Å². The van der Waals surface area contributed by atoms with Crippen LogP contribution in [0.5, 0.6) is 0 Å². The van der Waals surface area contributed by atoms with Crippen molar-refractivity contribution in [1.82, 2.24) is 15.1 Å². The molecule has 0 amide bonds. The predicted molar refractivity (Wildman–Crippen MR) is 105 cm³/mol. The Morgan fingerprint density at radius 1 is 1.32 bits per heavy atom. The number of likely N-dealkylation sites (tertiary alicyclic amines) is 1. The molecule has 146 valence electrons. The van der Waals surface area contributed by atoms with Crippen molar-refractivity contribution in [3.63, 3.8) is 0 Å². The van der Waals surface area contributed by atoms with Gasteiger partial charge in [-0.25, -0.2) is 8.42 Å². The molecule has 2 aliphatic heterocycles. The molecule has 0 aromatic rings. The summed E-state index contributed by atoms with van der Waals surface area (Å²) in [6.07, 6.45) is 3.87. The van der Waals surface area contributed by atoms with E-state index < -0.39 is 14.6 Å². The molecule has 2 saturated heterocycles. The Labute approximate surface area is 154 Å². The van der Waals surface area contributed by atoms with E-state index in [1.165, 1.54) is 19.3 Å². The molecule has 0 saturated carbocycles. The van der Waals surface area contributed by atoms with Gasteiger partial charge in [0, 0.05) is 31.7 Å². The van der Waals surface area contributed by atoms with Gasteiger partial charge in [-0.2, -0.15) is 0 Å². The molecule has 1 N–H and O–H groups in total. The Kier molecular flexibility index (Phi) is 6.76. The summed E-state index contributed by atoms with van der Waals surface area (Å²) in [5.41, 5.74) is 0. The first kappa shape index (κ1) is 20.5. The molecular weight excluding hydrogens is 336 g/mol. The van der Waals surface area contributed by atoms with Crippen LogP contribution in [0.3, 0.4) is 0 Å². The first-order valence-corrected chi connectivity index (χ1v) is 11.3. The normalized spacial score (nSPS) is 28.6. The van der Waals surface area contributed by atoms with E-state index in [1.807, 2.05) is 13.8 Å². The van der Waals surface area contributed by atoms with Gasteiger partial charge in [-0.1, -0.05) is 6.42 Å². The van der Waals surface area contributed by atoms with E-state index in [-0.39, 0.29) is 5.75 Å². The van der Waals surface area contributed by atoms with Crippen molar-refractivity contribution in [2.24, 2.45) is 4.99 Å². The Morgan fingerprint density at radius 3 is 2.64 bits per heavy atom. The molecule has 2 unspecified atom stereocenters. The van der Waals surface area contributed by atoms with E-state index >= 15 is 0 Å². The number of nitrogens with one attached hydrogen (secondary N) is 1. The summed E-state index contributed by atoms with van der Waals surface area (Å²) in [7, 11) is -3.03. The highest BCUT2D eigenvalue weighted by atomic mass is 32.2. The third kappa shape index (κ3) is 4.88. The largest absolute Gasteiger partial charge is 0.357 e. The zero-order valence-electron chi connectivity index (χ0n) is 16.6. The van der Waals surface area contributed by atoms with E-state index in [0.717, 1.165) is 25.6 Å². The zero-order chi connectivity index (χ0) is 18.7. The topological polar surface area (TPSA) is 65.0 Å². The lowest BCUT2D eigenvalue weighted by Gasteiger charge is -2.40. The zero-order valence-corrected chi connectivity index (χ0v) is 17.4. The maximum absolute atomic E-state index is 12.2. The lowest BCUT2D eigenvalue weighted by Crippen LogP contribution is -2.57. The Hall–Kier alpha value is -0.820. The fraction of sp³-hybridized carbons (Fsp3) is 0.944. The summed E-state index contributed by atoms with van der Waals surface area (Å²) in [6, 6.07) is 1.03. The maximum Gasteiger partial charge on any atom is 0.194 e. The molecule has 6 nitrogen and oxygen atoms in total. The van der Waals surface area contributed by atoms with Crippen LogP contribution >= 0.6 is 0 Å². The third-order valence-corrected chi connectivity index (χ3v) is 8.14. The molecule has 0 aromatic carbocycles. The average molecular weight is 373 g/mol. The molecule has 2 aliphatic rings. The van der Waals surface area contributed by atoms with Gasteiger partial charge in [0.2, 0.25) is 0 Å². The monoisotopic (exact) mass is 372 g/mol. The number of hydrogen-bond donors (Lipinski definition) is 1. The predicted octanol–water partition coefficient (Wildman–Crippen LogP) is 1.72. The second-order valence-corrected chi connectivity index (χ2v) is 10.9. The lowest BCUT2D eigenvalue weighted by molar-refractivity contribution is 0.118. The van der Waals surface area contributed by atoms with Crippen LogP contribution in [0.2, 0.25) is 0 Å². The fourth-order valence-corrected chi connectivity index (χ4v) is 5.21. The van der Waals surface area contributed by atoms with Crippen LogP contribution in [0.1, 0.15) is 53.9 Å². The molecule has 0 radical (unpaired) electrons. The van der Waals surface area contributed by atoms with Crippen molar-refractivity contribution >= 4 is 15.8 Å². The van der Waals surface area contributed by atoms with Gasteiger partial charge in [-0.15, -0.1) is 0 Å². The molecule has 2 rings (SSSR count). The van der Waals surface area contributed by atoms with Gasteiger partial charge in [-0.05, 0) is 54.0 Å². The number of guanidine groups is 1. The van der Waals surface area contributed by atoms with Gasteiger partial charge in [0.1, 0.15) is 0 Å². The van der Waals surface area contributed by atoms with Crippen LogP contribution in [0.4, 0.5) is 0 Å². The van der Waals surface area contributed by atoms with Crippen LogP contribution in [0.25, 0.3) is 0 Å². The Balaban J connectivity index is 2.05. The smallest absolute Gasteiger partial charge is 0.194 e. The second kappa shape index (κ2) is 8.25. The number of aliphatic imine (C=N–C) groups is 1.